The van der Waals surface area contributed by atoms with E-state index in [1.165, 1.54) is 12.7 Å². The van der Waals surface area contributed by atoms with Crippen LogP contribution in [0.15, 0.2) is 34.7 Å². The maximum absolute atomic E-state index is 11.5. The van der Waals surface area contributed by atoms with Crippen molar-refractivity contribution in [1.82, 2.24) is 4.98 Å². The van der Waals surface area contributed by atoms with Gasteiger partial charge >= 0.3 is 5.97 Å². The van der Waals surface area contributed by atoms with Crippen LogP contribution in [-0.4, -0.2) is 18.1 Å². The average Bonchev–Trinajstić information content (AvgIpc) is 2.78. The van der Waals surface area contributed by atoms with Gasteiger partial charge in [-0.05, 0) is 12.0 Å². The van der Waals surface area contributed by atoms with Crippen LogP contribution in [0, 0.1) is 6.92 Å². The van der Waals surface area contributed by atoms with Crippen molar-refractivity contribution in [3.63, 3.8) is 0 Å². The molecule has 2 rings (SSSR count). The molecule has 1 aromatic carbocycles. The SMILES string of the molecule is COC(=O)c1nc(C)oc1CCc1ccccc1. The first-order chi connectivity index (χ1) is 8.70. The minimum Gasteiger partial charge on any atom is -0.464 e. The Labute approximate surface area is 106 Å². The van der Waals surface area contributed by atoms with Crippen molar-refractivity contribution < 1.29 is 13.9 Å². The van der Waals surface area contributed by atoms with Crippen LogP contribution in [-0.2, 0) is 17.6 Å². The summed E-state index contributed by atoms with van der Waals surface area (Å²) in [6, 6.07) is 10.0. The quantitative estimate of drug-likeness (QED) is 0.777. The third kappa shape index (κ3) is 2.77. The van der Waals surface area contributed by atoms with Gasteiger partial charge in [-0.1, -0.05) is 30.3 Å². The summed E-state index contributed by atoms with van der Waals surface area (Å²) in [5.41, 5.74) is 1.48. The number of carbonyl (C=O) groups is 1. The molecule has 0 aliphatic rings. The second-order valence-electron chi connectivity index (χ2n) is 3.98. The lowest BCUT2D eigenvalue weighted by Crippen LogP contribution is -2.05. The van der Waals surface area contributed by atoms with Gasteiger partial charge in [-0.15, -0.1) is 0 Å². The van der Waals surface area contributed by atoms with Gasteiger partial charge in [0.15, 0.2) is 11.6 Å². The van der Waals surface area contributed by atoms with E-state index in [-0.39, 0.29) is 5.69 Å². The van der Waals surface area contributed by atoms with E-state index in [0.717, 1.165) is 6.42 Å². The molecule has 0 aliphatic heterocycles. The van der Waals surface area contributed by atoms with Gasteiger partial charge in [-0.2, -0.15) is 0 Å². The summed E-state index contributed by atoms with van der Waals surface area (Å²) in [5.74, 6) is 0.622. The van der Waals surface area contributed by atoms with Crippen LogP contribution in [0.5, 0.6) is 0 Å². The Kier molecular flexibility index (Phi) is 3.77. The topological polar surface area (TPSA) is 52.3 Å². The minimum absolute atomic E-state index is 0.283. The summed E-state index contributed by atoms with van der Waals surface area (Å²) >= 11 is 0. The van der Waals surface area contributed by atoms with Crippen LogP contribution in [0.25, 0.3) is 0 Å². The lowest BCUT2D eigenvalue weighted by atomic mass is 10.1. The number of hydrogen-bond acceptors (Lipinski definition) is 4. The molecule has 0 saturated carbocycles. The number of esters is 1. The molecular weight excluding hydrogens is 230 g/mol. The molecule has 4 heteroatoms. The normalized spacial score (nSPS) is 10.3. The Morgan fingerprint density at radius 1 is 1.28 bits per heavy atom. The summed E-state index contributed by atoms with van der Waals surface area (Å²) in [6.45, 7) is 1.72. The van der Waals surface area contributed by atoms with Crippen molar-refractivity contribution in [2.24, 2.45) is 0 Å². The van der Waals surface area contributed by atoms with E-state index in [9.17, 15) is 4.79 Å². The monoisotopic (exact) mass is 245 g/mol. The van der Waals surface area contributed by atoms with Gasteiger partial charge in [0.2, 0.25) is 0 Å². The molecular formula is C14H15NO3. The lowest BCUT2D eigenvalue weighted by Gasteiger charge is -2.00. The minimum atomic E-state index is -0.449. The predicted octanol–water partition coefficient (Wildman–Crippen LogP) is 2.55. The van der Waals surface area contributed by atoms with Crippen LogP contribution >= 0.6 is 0 Å². The highest BCUT2D eigenvalue weighted by molar-refractivity contribution is 5.88. The molecule has 0 aliphatic carbocycles. The molecule has 0 spiro atoms. The first-order valence-corrected chi connectivity index (χ1v) is 5.79. The van der Waals surface area contributed by atoms with Gasteiger partial charge < -0.3 is 9.15 Å². The number of nitrogens with zero attached hydrogens (tertiary/aromatic N) is 1. The smallest absolute Gasteiger partial charge is 0.360 e. The number of hydrogen-bond donors (Lipinski definition) is 0. The molecule has 0 bridgehead atoms. The maximum atomic E-state index is 11.5. The summed E-state index contributed by atoms with van der Waals surface area (Å²) in [7, 11) is 1.34. The van der Waals surface area contributed by atoms with Crippen molar-refractivity contribution in [2.75, 3.05) is 7.11 Å². The second-order valence-corrected chi connectivity index (χ2v) is 3.98. The fourth-order valence-electron chi connectivity index (χ4n) is 1.80. The first kappa shape index (κ1) is 12.4. The second kappa shape index (κ2) is 5.49. The van der Waals surface area contributed by atoms with E-state index in [2.05, 4.69) is 9.72 Å². The van der Waals surface area contributed by atoms with Crippen LogP contribution in [0.1, 0.15) is 27.7 Å². The highest BCUT2D eigenvalue weighted by atomic mass is 16.5. The summed E-state index contributed by atoms with van der Waals surface area (Å²) < 4.78 is 10.1. The predicted molar refractivity (Wildman–Crippen MR) is 66.4 cm³/mol. The third-order valence-electron chi connectivity index (χ3n) is 2.67. The molecule has 0 N–H and O–H groups in total. The molecule has 18 heavy (non-hydrogen) atoms. The lowest BCUT2D eigenvalue weighted by molar-refractivity contribution is 0.0592. The van der Waals surface area contributed by atoms with E-state index in [4.69, 9.17) is 4.42 Å². The molecule has 0 unspecified atom stereocenters. The Morgan fingerprint density at radius 3 is 2.67 bits per heavy atom. The molecule has 1 heterocycles. The fraction of sp³-hybridized carbons (Fsp3) is 0.286. The number of benzene rings is 1. The first-order valence-electron chi connectivity index (χ1n) is 5.79. The molecule has 2 aromatic rings. The van der Waals surface area contributed by atoms with E-state index in [0.29, 0.717) is 18.1 Å². The third-order valence-corrected chi connectivity index (χ3v) is 2.67. The number of oxazole rings is 1. The van der Waals surface area contributed by atoms with Crippen LogP contribution in [0.3, 0.4) is 0 Å². The zero-order valence-corrected chi connectivity index (χ0v) is 10.5. The molecule has 0 radical (unpaired) electrons. The van der Waals surface area contributed by atoms with Crippen molar-refractivity contribution >= 4 is 5.97 Å². The van der Waals surface area contributed by atoms with Gasteiger partial charge in [0.1, 0.15) is 5.76 Å². The number of aromatic nitrogens is 1. The fourth-order valence-corrected chi connectivity index (χ4v) is 1.80. The average molecular weight is 245 g/mol. The Hall–Kier alpha value is -2.10. The van der Waals surface area contributed by atoms with Gasteiger partial charge in [-0.25, -0.2) is 9.78 Å². The van der Waals surface area contributed by atoms with Crippen molar-refractivity contribution in [1.29, 1.82) is 0 Å². The van der Waals surface area contributed by atoms with E-state index in [1.54, 1.807) is 6.92 Å². The summed E-state index contributed by atoms with van der Waals surface area (Å²) in [5, 5.41) is 0. The van der Waals surface area contributed by atoms with E-state index in [1.807, 2.05) is 30.3 Å². The Balaban J connectivity index is 2.12. The van der Waals surface area contributed by atoms with Gasteiger partial charge in [0.05, 0.1) is 7.11 Å². The highest BCUT2D eigenvalue weighted by Crippen LogP contribution is 2.15. The zero-order chi connectivity index (χ0) is 13.0. The molecule has 0 fully saturated rings. The molecule has 0 atom stereocenters. The number of ether oxygens (including phenoxy) is 1. The highest BCUT2D eigenvalue weighted by Gasteiger charge is 2.18. The van der Waals surface area contributed by atoms with Crippen molar-refractivity contribution in [2.45, 2.75) is 19.8 Å². The zero-order valence-electron chi connectivity index (χ0n) is 10.5. The standard InChI is InChI=1S/C14H15NO3/c1-10-15-13(14(16)17-2)12(18-10)9-8-11-6-4-3-5-7-11/h3-7H,8-9H2,1-2H3. The molecule has 0 amide bonds. The van der Waals surface area contributed by atoms with Crippen molar-refractivity contribution in [3.05, 3.63) is 53.2 Å². The Bertz CT molecular complexity index is 531. The van der Waals surface area contributed by atoms with Crippen LogP contribution < -0.4 is 0 Å². The number of aryl methyl sites for hydroxylation is 3. The van der Waals surface area contributed by atoms with Gasteiger partial charge in [0, 0.05) is 13.3 Å². The summed E-state index contributed by atoms with van der Waals surface area (Å²) in [4.78, 5) is 15.6. The maximum Gasteiger partial charge on any atom is 0.360 e. The van der Waals surface area contributed by atoms with Gasteiger partial charge in [-0.3, -0.25) is 0 Å². The van der Waals surface area contributed by atoms with Crippen LogP contribution in [0.2, 0.25) is 0 Å². The summed E-state index contributed by atoms with van der Waals surface area (Å²) in [6.07, 6.45) is 1.44. The van der Waals surface area contributed by atoms with E-state index >= 15 is 0 Å². The number of rotatable bonds is 4. The van der Waals surface area contributed by atoms with Crippen LogP contribution in [0.4, 0.5) is 0 Å². The van der Waals surface area contributed by atoms with E-state index < -0.39 is 5.97 Å². The van der Waals surface area contributed by atoms with Crippen molar-refractivity contribution in [3.8, 4) is 0 Å². The molecule has 94 valence electrons. The number of carbonyl (C=O) groups excluding carboxylic acids is 1. The van der Waals surface area contributed by atoms with Gasteiger partial charge in [0.25, 0.3) is 0 Å². The molecule has 1 aromatic heterocycles. The number of methoxy groups -OCH3 is 1. The molecule has 4 nitrogen and oxygen atoms in total. The largest absolute Gasteiger partial charge is 0.464 e. The molecule has 0 saturated heterocycles. The Morgan fingerprint density at radius 2 is 2.00 bits per heavy atom.